The normalized spacial score (nSPS) is 23.2. The number of carbonyl (C=O) groups excluding carboxylic acids is 1. The molecule has 1 amide bonds. The molecule has 0 unspecified atom stereocenters. The molecule has 7 nitrogen and oxygen atoms in total. The molecule has 5 heterocycles. The second-order valence-corrected chi connectivity index (χ2v) is 7.13. The second-order valence-electron chi connectivity index (χ2n) is 7.13. The smallest absolute Gasteiger partial charge is 0.228 e. The van der Waals surface area contributed by atoms with E-state index in [1.165, 1.54) is 0 Å². The monoisotopic (exact) mass is 341 g/mol. The van der Waals surface area contributed by atoms with Crippen molar-refractivity contribution in [2.75, 3.05) is 18.0 Å². The minimum atomic E-state index is 0.0160. The maximum Gasteiger partial charge on any atom is 0.228 e. The van der Waals surface area contributed by atoms with Gasteiger partial charge < -0.3 is 14.3 Å². The Balaban J connectivity index is 1.59. The van der Waals surface area contributed by atoms with E-state index in [1.54, 1.807) is 0 Å². The van der Waals surface area contributed by atoms with Gasteiger partial charge in [-0.3, -0.25) is 4.79 Å². The van der Waals surface area contributed by atoms with Crippen LogP contribution in [0, 0.1) is 26.7 Å². The molecule has 2 atom stereocenters. The molecule has 7 heteroatoms. The van der Waals surface area contributed by atoms with Gasteiger partial charge >= 0.3 is 0 Å². The number of aryl methyl sites for hydroxylation is 3. The highest BCUT2D eigenvalue weighted by Crippen LogP contribution is 2.32. The van der Waals surface area contributed by atoms with Crippen LogP contribution in [0.25, 0.3) is 0 Å². The number of hydrogen-bond acceptors (Lipinski definition) is 6. The zero-order chi connectivity index (χ0) is 17.6. The number of aromatic nitrogens is 3. The fraction of sp³-hybridized carbons (Fsp3) is 0.556. The quantitative estimate of drug-likeness (QED) is 0.850. The van der Waals surface area contributed by atoms with E-state index in [1.807, 2.05) is 37.8 Å². The lowest BCUT2D eigenvalue weighted by molar-refractivity contribution is -0.140. The maximum atomic E-state index is 13.0. The summed E-state index contributed by atoms with van der Waals surface area (Å²) in [5, 5.41) is 12.5. The fourth-order valence-electron chi connectivity index (χ4n) is 3.89. The van der Waals surface area contributed by atoms with Gasteiger partial charge in [-0.05, 0) is 45.7 Å². The van der Waals surface area contributed by atoms with E-state index < -0.39 is 0 Å². The molecule has 0 saturated carbocycles. The number of nitrogens with zero attached hydrogens (tertiary/aromatic N) is 5. The average Bonchev–Trinajstić information content (AvgIpc) is 2.78. The number of hydrogen-bond donors (Lipinski definition) is 0. The Kier molecular flexibility index (Phi) is 3.94. The summed E-state index contributed by atoms with van der Waals surface area (Å²) in [4.78, 5) is 17.2. The molecule has 0 aliphatic carbocycles. The summed E-state index contributed by atoms with van der Waals surface area (Å²) in [5.74, 6) is 1.90. The molecule has 3 aliphatic heterocycles. The van der Waals surface area contributed by atoms with Crippen LogP contribution in [0.15, 0.2) is 16.7 Å². The van der Waals surface area contributed by atoms with Gasteiger partial charge in [-0.2, -0.15) is 5.10 Å². The molecule has 3 aliphatic rings. The molecule has 0 aromatic carbocycles. The maximum absolute atomic E-state index is 13.0. The number of rotatable bonds is 3. The average molecular weight is 341 g/mol. The summed E-state index contributed by atoms with van der Waals surface area (Å²) in [7, 11) is 0. The highest BCUT2D eigenvalue weighted by molar-refractivity contribution is 5.81. The van der Waals surface area contributed by atoms with Gasteiger partial charge in [-0.15, -0.1) is 5.10 Å². The van der Waals surface area contributed by atoms with Gasteiger partial charge in [-0.1, -0.05) is 5.16 Å². The third kappa shape index (κ3) is 2.88. The Bertz CT molecular complexity index is 766. The molecule has 2 bridgehead atoms. The van der Waals surface area contributed by atoms with Gasteiger partial charge in [0.25, 0.3) is 0 Å². The molecule has 0 N–H and O–H groups in total. The third-order valence-electron chi connectivity index (χ3n) is 5.41. The molecule has 2 aromatic heterocycles. The van der Waals surface area contributed by atoms with E-state index in [0.29, 0.717) is 13.1 Å². The molecule has 132 valence electrons. The molecule has 3 fully saturated rings. The van der Waals surface area contributed by atoms with Crippen LogP contribution in [-0.2, 0) is 11.3 Å². The van der Waals surface area contributed by atoms with Crippen molar-refractivity contribution >= 4 is 11.7 Å². The Hall–Kier alpha value is -2.44. The Labute approximate surface area is 147 Å². The molecular formula is C18H23N5O2. The van der Waals surface area contributed by atoms with Gasteiger partial charge in [0.2, 0.25) is 5.91 Å². The van der Waals surface area contributed by atoms with Crippen molar-refractivity contribution < 1.29 is 9.32 Å². The summed E-state index contributed by atoms with van der Waals surface area (Å²) >= 11 is 0. The summed E-state index contributed by atoms with van der Waals surface area (Å²) in [6.45, 7) is 7.85. The van der Waals surface area contributed by atoms with Gasteiger partial charge in [0.15, 0.2) is 5.82 Å². The Morgan fingerprint density at radius 2 is 2.00 bits per heavy atom. The predicted octanol–water partition coefficient (Wildman–Crippen LogP) is 2.02. The lowest BCUT2D eigenvalue weighted by Gasteiger charge is -2.35. The molecule has 2 aromatic rings. The standard InChI is InChI=1S/C18H23N5O2/c1-11-4-7-17(20-19-11)22-8-14-5-6-15(9-22)23(18(14)24)10-16-12(2)21-25-13(16)3/h4,7,14-15H,5-6,8-10H2,1-3H3/t14-,15+/m0/s1. The molecule has 0 radical (unpaired) electrons. The fourth-order valence-corrected chi connectivity index (χ4v) is 3.89. The minimum Gasteiger partial charge on any atom is -0.361 e. The van der Waals surface area contributed by atoms with Crippen molar-refractivity contribution in [1.82, 2.24) is 20.3 Å². The molecule has 25 heavy (non-hydrogen) atoms. The Morgan fingerprint density at radius 3 is 2.68 bits per heavy atom. The van der Waals surface area contributed by atoms with Crippen LogP contribution in [-0.4, -0.2) is 45.3 Å². The van der Waals surface area contributed by atoms with Crippen molar-refractivity contribution in [1.29, 1.82) is 0 Å². The lowest BCUT2D eigenvalue weighted by atomic mass is 9.93. The van der Waals surface area contributed by atoms with Gasteiger partial charge in [-0.25, -0.2) is 0 Å². The zero-order valence-electron chi connectivity index (χ0n) is 14.9. The molecule has 3 saturated heterocycles. The number of piperidine rings is 1. The van der Waals surface area contributed by atoms with Gasteiger partial charge in [0.1, 0.15) is 5.76 Å². The molecule has 0 spiro atoms. The van der Waals surface area contributed by atoms with Crippen molar-refractivity contribution in [2.45, 2.75) is 46.2 Å². The number of carbonyl (C=O) groups is 1. The van der Waals surface area contributed by atoms with Crippen molar-refractivity contribution in [3.8, 4) is 0 Å². The van der Waals surface area contributed by atoms with Crippen LogP contribution in [0.3, 0.4) is 0 Å². The first kappa shape index (κ1) is 16.1. The van der Waals surface area contributed by atoms with E-state index in [2.05, 4.69) is 20.3 Å². The van der Waals surface area contributed by atoms with Crippen molar-refractivity contribution in [2.24, 2.45) is 5.92 Å². The molecule has 5 rings (SSSR count). The van der Waals surface area contributed by atoms with Crippen molar-refractivity contribution in [3.05, 3.63) is 34.8 Å². The zero-order valence-corrected chi connectivity index (χ0v) is 14.9. The first-order valence-corrected chi connectivity index (χ1v) is 8.80. The van der Waals surface area contributed by atoms with E-state index in [-0.39, 0.29) is 17.9 Å². The van der Waals surface area contributed by atoms with Crippen LogP contribution in [0.5, 0.6) is 0 Å². The predicted molar refractivity (Wildman–Crippen MR) is 92.0 cm³/mol. The largest absolute Gasteiger partial charge is 0.361 e. The van der Waals surface area contributed by atoms with Crippen LogP contribution in [0.1, 0.15) is 35.6 Å². The summed E-state index contributed by atoms with van der Waals surface area (Å²) < 4.78 is 5.27. The second kappa shape index (κ2) is 6.13. The van der Waals surface area contributed by atoms with Gasteiger partial charge in [0, 0.05) is 24.7 Å². The van der Waals surface area contributed by atoms with Crippen LogP contribution < -0.4 is 4.90 Å². The van der Waals surface area contributed by atoms with Crippen LogP contribution >= 0.6 is 0 Å². The van der Waals surface area contributed by atoms with Crippen molar-refractivity contribution in [3.63, 3.8) is 0 Å². The number of amides is 1. The van der Waals surface area contributed by atoms with E-state index in [9.17, 15) is 4.79 Å². The van der Waals surface area contributed by atoms with E-state index in [0.717, 1.165) is 47.9 Å². The highest BCUT2D eigenvalue weighted by atomic mass is 16.5. The molecular weight excluding hydrogens is 318 g/mol. The highest BCUT2D eigenvalue weighted by Gasteiger charge is 2.41. The topological polar surface area (TPSA) is 75.4 Å². The third-order valence-corrected chi connectivity index (χ3v) is 5.41. The Morgan fingerprint density at radius 1 is 1.16 bits per heavy atom. The lowest BCUT2D eigenvalue weighted by Crippen LogP contribution is -2.47. The van der Waals surface area contributed by atoms with Crippen LogP contribution in [0.4, 0.5) is 5.82 Å². The van der Waals surface area contributed by atoms with E-state index >= 15 is 0 Å². The first-order chi connectivity index (χ1) is 12.0. The summed E-state index contributed by atoms with van der Waals surface area (Å²) in [6.07, 6.45) is 1.97. The van der Waals surface area contributed by atoms with Crippen LogP contribution in [0.2, 0.25) is 0 Å². The van der Waals surface area contributed by atoms with Gasteiger partial charge in [0.05, 0.1) is 23.9 Å². The SMILES string of the molecule is Cc1ccc(N2C[C@@H]3CC[C@H](C2)N(Cc2c(C)noc2C)C3=O)nn1. The summed E-state index contributed by atoms with van der Waals surface area (Å²) in [6, 6.07) is 4.15. The number of anilines is 1. The number of fused-ring (bicyclic) bond motifs is 4. The van der Waals surface area contributed by atoms with E-state index in [4.69, 9.17) is 4.52 Å². The summed E-state index contributed by atoms with van der Waals surface area (Å²) in [5.41, 5.74) is 2.80. The first-order valence-electron chi connectivity index (χ1n) is 8.80. The minimum absolute atomic E-state index is 0.0160.